The Morgan fingerprint density at radius 2 is 2.00 bits per heavy atom. The number of hydrogen-bond donors (Lipinski definition) is 1. The van der Waals surface area contributed by atoms with Crippen LogP contribution in [0.15, 0.2) is 21.4 Å². The van der Waals surface area contributed by atoms with Crippen molar-refractivity contribution in [3.63, 3.8) is 0 Å². The van der Waals surface area contributed by atoms with Gasteiger partial charge < -0.3 is 4.42 Å². The number of thiol groups is 1. The summed E-state index contributed by atoms with van der Waals surface area (Å²) in [5, 5.41) is 0. The van der Waals surface area contributed by atoms with Gasteiger partial charge in [-0.3, -0.25) is 0 Å². The molecule has 0 fully saturated rings. The first kappa shape index (κ1) is 7.04. The lowest BCUT2D eigenvalue weighted by molar-refractivity contribution is 0.666. The van der Waals surface area contributed by atoms with Crippen LogP contribution in [0.1, 0.15) is 25.3 Å². The third kappa shape index (κ3) is 0.932. The van der Waals surface area contributed by atoms with Crippen molar-refractivity contribution in [3.8, 4) is 0 Å². The number of rotatable bonds is 1. The van der Waals surface area contributed by atoms with E-state index in [4.69, 9.17) is 4.42 Å². The zero-order valence-electron chi connectivity index (χ0n) is 6.59. The number of benzene rings is 1. The zero-order valence-corrected chi connectivity index (χ0v) is 7.48. The summed E-state index contributed by atoms with van der Waals surface area (Å²) in [6.45, 7) is 4.32. The van der Waals surface area contributed by atoms with Crippen molar-refractivity contribution in [2.24, 2.45) is 0 Å². The summed E-state index contributed by atoms with van der Waals surface area (Å²) >= 11 is 4.24. The quantitative estimate of drug-likeness (QED) is 0.641. The molecule has 1 nitrogen and oxygen atoms in total. The number of fused-ring (bicyclic) bond motifs is 2. The molecule has 2 aromatic heterocycles. The average molecular weight is 166 g/mol. The third-order valence-corrected chi connectivity index (χ3v) is 2.28. The van der Waals surface area contributed by atoms with Crippen molar-refractivity contribution in [1.29, 1.82) is 0 Å². The Morgan fingerprint density at radius 1 is 1.27 bits per heavy atom. The Kier molecular flexibility index (Phi) is 1.39. The van der Waals surface area contributed by atoms with Crippen molar-refractivity contribution in [2.75, 3.05) is 0 Å². The normalized spacial score (nSPS) is 12.0. The number of furan rings is 2. The molecule has 0 saturated heterocycles. The Morgan fingerprint density at radius 3 is 2.36 bits per heavy atom. The van der Waals surface area contributed by atoms with E-state index in [0.29, 0.717) is 5.92 Å². The Balaban J connectivity index is 2.63. The Labute approximate surface area is 71.1 Å². The Bertz CT molecular complexity index is 361. The van der Waals surface area contributed by atoms with Gasteiger partial charge in [0.25, 0.3) is 0 Å². The average Bonchev–Trinajstić information content (AvgIpc) is 2.43. The maximum Gasteiger partial charge on any atom is 0.141 e. The van der Waals surface area contributed by atoms with E-state index in [1.54, 1.807) is 0 Å². The molecule has 0 aliphatic rings. The second kappa shape index (κ2) is 2.18. The van der Waals surface area contributed by atoms with Gasteiger partial charge in [0.2, 0.25) is 0 Å². The summed E-state index contributed by atoms with van der Waals surface area (Å²) in [6.07, 6.45) is 0. The van der Waals surface area contributed by atoms with Crippen molar-refractivity contribution in [2.45, 2.75) is 24.7 Å². The minimum atomic E-state index is 0.542. The lowest BCUT2D eigenvalue weighted by Gasteiger charge is -1.99. The lowest BCUT2D eigenvalue weighted by Crippen LogP contribution is -1.83. The minimum Gasteiger partial charge on any atom is -0.456 e. The van der Waals surface area contributed by atoms with Crippen LogP contribution >= 0.6 is 12.6 Å². The summed E-state index contributed by atoms with van der Waals surface area (Å²) < 4.78 is 5.43. The molecule has 0 aliphatic carbocycles. The molecule has 0 saturated carbocycles. The first-order valence-corrected chi connectivity index (χ1v) is 4.18. The van der Waals surface area contributed by atoms with Crippen LogP contribution in [0, 0.1) is 0 Å². The molecule has 2 heterocycles. The molecule has 2 aromatic rings. The van der Waals surface area contributed by atoms with Crippen LogP contribution < -0.4 is 0 Å². The fourth-order valence-electron chi connectivity index (χ4n) is 1.30. The molecular weight excluding hydrogens is 156 g/mol. The van der Waals surface area contributed by atoms with Gasteiger partial charge in [-0.2, -0.15) is 0 Å². The molecule has 2 rings (SSSR count). The molecule has 0 atom stereocenters. The summed E-state index contributed by atoms with van der Waals surface area (Å²) in [7, 11) is 0. The molecule has 0 aliphatic heterocycles. The summed E-state index contributed by atoms with van der Waals surface area (Å²) in [6, 6.07) is 4.05. The maximum absolute atomic E-state index is 5.43. The van der Waals surface area contributed by atoms with Crippen molar-refractivity contribution >= 4 is 23.8 Å². The van der Waals surface area contributed by atoms with Crippen LogP contribution in [-0.2, 0) is 0 Å². The van der Waals surface area contributed by atoms with E-state index in [1.807, 2.05) is 6.07 Å². The van der Waals surface area contributed by atoms with Crippen molar-refractivity contribution < 1.29 is 4.42 Å². The molecule has 0 spiro atoms. The van der Waals surface area contributed by atoms with Gasteiger partial charge in [-0.25, -0.2) is 0 Å². The Hall–Kier alpha value is -0.630. The van der Waals surface area contributed by atoms with Gasteiger partial charge in [0, 0.05) is 5.56 Å². The molecule has 0 N–H and O–H groups in total. The second-order valence-corrected chi connectivity index (χ2v) is 3.60. The van der Waals surface area contributed by atoms with E-state index in [0.717, 1.165) is 16.1 Å². The van der Waals surface area contributed by atoms with Crippen LogP contribution in [0.25, 0.3) is 11.2 Å². The SMILES string of the molecule is CC(C)c1cc2oc1cc2S. The van der Waals surface area contributed by atoms with Crippen LogP contribution in [0.3, 0.4) is 0 Å². The first-order valence-electron chi connectivity index (χ1n) is 3.73. The highest BCUT2D eigenvalue weighted by Gasteiger charge is 2.12. The zero-order chi connectivity index (χ0) is 8.01. The topological polar surface area (TPSA) is 13.1 Å². The van der Waals surface area contributed by atoms with E-state index in [-0.39, 0.29) is 0 Å². The third-order valence-electron chi connectivity index (χ3n) is 1.93. The maximum atomic E-state index is 5.43. The van der Waals surface area contributed by atoms with Gasteiger partial charge in [0.15, 0.2) is 0 Å². The van der Waals surface area contributed by atoms with Crippen LogP contribution in [0.5, 0.6) is 0 Å². The van der Waals surface area contributed by atoms with Gasteiger partial charge in [0.1, 0.15) is 11.2 Å². The predicted octanol–water partition coefficient (Wildman–Crippen LogP) is 3.28. The highest BCUT2D eigenvalue weighted by atomic mass is 32.1. The van der Waals surface area contributed by atoms with Crippen molar-refractivity contribution in [3.05, 3.63) is 17.7 Å². The van der Waals surface area contributed by atoms with Gasteiger partial charge in [-0.1, -0.05) is 13.8 Å². The largest absolute Gasteiger partial charge is 0.456 e. The van der Waals surface area contributed by atoms with Gasteiger partial charge in [-0.05, 0) is 18.1 Å². The smallest absolute Gasteiger partial charge is 0.141 e. The summed E-state index contributed by atoms with van der Waals surface area (Å²) in [5.41, 5.74) is 3.19. The molecule has 0 amide bonds. The van der Waals surface area contributed by atoms with E-state index < -0.39 is 0 Å². The minimum absolute atomic E-state index is 0.542. The van der Waals surface area contributed by atoms with Crippen LogP contribution in [0.4, 0.5) is 0 Å². The number of hydrogen-bond acceptors (Lipinski definition) is 2. The monoisotopic (exact) mass is 166 g/mol. The highest BCUT2D eigenvalue weighted by Crippen LogP contribution is 2.33. The predicted molar refractivity (Wildman–Crippen MR) is 48.7 cm³/mol. The van der Waals surface area contributed by atoms with Crippen LogP contribution in [-0.4, -0.2) is 0 Å². The van der Waals surface area contributed by atoms with E-state index in [9.17, 15) is 0 Å². The van der Waals surface area contributed by atoms with E-state index >= 15 is 0 Å². The standard InChI is InChI=1S/C9H10OS/c1-5(2)6-3-8-9(11)4-7(6)10-8/h3-5,11H,1-2H3. The molecule has 2 heteroatoms. The fourth-order valence-corrected chi connectivity index (χ4v) is 1.53. The van der Waals surface area contributed by atoms with Crippen molar-refractivity contribution in [1.82, 2.24) is 0 Å². The molecule has 11 heavy (non-hydrogen) atoms. The molecule has 0 radical (unpaired) electrons. The van der Waals surface area contributed by atoms with Gasteiger partial charge in [-0.15, -0.1) is 12.6 Å². The summed E-state index contributed by atoms with van der Waals surface area (Å²) in [5.74, 6) is 0.542. The van der Waals surface area contributed by atoms with E-state index in [1.165, 1.54) is 5.56 Å². The van der Waals surface area contributed by atoms with Gasteiger partial charge >= 0.3 is 0 Å². The molecule has 58 valence electrons. The second-order valence-electron chi connectivity index (χ2n) is 3.11. The fraction of sp³-hybridized carbons (Fsp3) is 0.333. The molecule has 0 unspecified atom stereocenters. The summed E-state index contributed by atoms with van der Waals surface area (Å²) in [4.78, 5) is 0.949. The highest BCUT2D eigenvalue weighted by molar-refractivity contribution is 7.80. The lowest BCUT2D eigenvalue weighted by atomic mass is 10.0. The van der Waals surface area contributed by atoms with E-state index in [2.05, 4.69) is 32.5 Å². The molecular formula is C9H10OS. The molecule has 0 aromatic carbocycles. The molecule has 2 bridgehead atoms. The first-order chi connectivity index (χ1) is 5.18. The van der Waals surface area contributed by atoms with Gasteiger partial charge in [0.05, 0.1) is 4.90 Å². The van der Waals surface area contributed by atoms with Crippen LogP contribution in [0.2, 0.25) is 0 Å².